The number of fused-ring (bicyclic) bond motifs is 6. The second-order valence-electron chi connectivity index (χ2n) is 7.66. The zero-order chi connectivity index (χ0) is 20.2. The fourth-order valence-electron chi connectivity index (χ4n) is 4.70. The van der Waals surface area contributed by atoms with Crippen LogP contribution in [-0.4, -0.2) is 14.9 Å². The van der Waals surface area contributed by atoms with Crippen molar-refractivity contribution in [2.24, 2.45) is 0 Å². The standard InChI is InChI=1S/C25H17N3O2/c29-28(30)16-10-13-22-20(14-16)23(15-6-2-1-3-7-15)19-12-11-18-17-8-4-5-9-21(17)26-24(18)25(19)27-22/h1-10,13-14,26H,11-12H2. The van der Waals surface area contributed by atoms with Crippen LogP contribution < -0.4 is 0 Å². The van der Waals surface area contributed by atoms with Gasteiger partial charge in [0.05, 0.1) is 21.8 Å². The zero-order valence-electron chi connectivity index (χ0n) is 16.1. The van der Waals surface area contributed by atoms with Crippen molar-refractivity contribution in [1.29, 1.82) is 0 Å². The minimum atomic E-state index is -0.344. The van der Waals surface area contributed by atoms with Gasteiger partial charge in [-0.3, -0.25) is 10.1 Å². The van der Waals surface area contributed by atoms with Crippen LogP contribution in [-0.2, 0) is 12.8 Å². The number of para-hydroxylation sites is 1. The van der Waals surface area contributed by atoms with Crippen LogP contribution in [0, 0.1) is 10.1 Å². The molecule has 1 N–H and O–H groups in total. The van der Waals surface area contributed by atoms with Crippen LogP contribution in [0.1, 0.15) is 11.1 Å². The molecule has 5 aromatic rings. The number of nitro groups is 1. The highest BCUT2D eigenvalue weighted by Crippen LogP contribution is 2.43. The van der Waals surface area contributed by atoms with Crippen molar-refractivity contribution in [2.45, 2.75) is 12.8 Å². The summed E-state index contributed by atoms with van der Waals surface area (Å²) in [5.74, 6) is 0. The molecular weight excluding hydrogens is 374 g/mol. The minimum absolute atomic E-state index is 0.0866. The van der Waals surface area contributed by atoms with Crippen molar-refractivity contribution in [1.82, 2.24) is 9.97 Å². The highest BCUT2D eigenvalue weighted by atomic mass is 16.6. The Labute approximate surface area is 172 Å². The lowest BCUT2D eigenvalue weighted by molar-refractivity contribution is -0.384. The van der Waals surface area contributed by atoms with Crippen molar-refractivity contribution in [3.05, 3.63) is 94.0 Å². The lowest BCUT2D eigenvalue weighted by Crippen LogP contribution is -2.08. The molecule has 3 aromatic carbocycles. The molecule has 1 aliphatic carbocycles. The van der Waals surface area contributed by atoms with Crippen LogP contribution in [0.5, 0.6) is 0 Å². The smallest absolute Gasteiger partial charge is 0.270 e. The van der Waals surface area contributed by atoms with Gasteiger partial charge in [0.2, 0.25) is 0 Å². The van der Waals surface area contributed by atoms with E-state index in [2.05, 4.69) is 35.3 Å². The van der Waals surface area contributed by atoms with Crippen LogP contribution >= 0.6 is 0 Å². The largest absolute Gasteiger partial charge is 0.353 e. The van der Waals surface area contributed by atoms with E-state index in [1.165, 1.54) is 17.0 Å². The number of hydrogen-bond acceptors (Lipinski definition) is 3. The van der Waals surface area contributed by atoms with Gasteiger partial charge in [-0.2, -0.15) is 0 Å². The summed E-state index contributed by atoms with van der Waals surface area (Å²) in [4.78, 5) is 19.6. The lowest BCUT2D eigenvalue weighted by Gasteiger charge is -2.21. The SMILES string of the molecule is O=[N+]([O-])c1ccc2nc3c(c(-c4ccccc4)c2c1)CCc1c-3[nH]c2ccccc12. The summed E-state index contributed by atoms with van der Waals surface area (Å²) in [6, 6.07) is 23.4. The van der Waals surface area contributed by atoms with E-state index in [4.69, 9.17) is 4.98 Å². The van der Waals surface area contributed by atoms with E-state index >= 15 is 0 Å². The summed E-state index contributed by atoms with van der Waals surface area (Å²) in [7, 11) is 0. The summed E-state index contributed by atoms with van der Waals surface area (Å²) < 4.78 is 0. The van der Waals surface area contributed by atoms with Crippen molar-refractivity contribution >= 4 is 27.5 Å². The Morgan fingerprint density at radius 1 is 0.867 bits per heavy atom. The van der Waals surface area contributed by atoms with E-state index in [1.54, 1.807) is 12.1 Å². The number of pyridine rings is 1. The topological polar surface area (TPSA) is 71.8 Å². The number of nitrogens with one attached hydrogen (secondary N) is 1. The first-order valence-electron chi connectivity index (χ1n) is 9.97. The summed E-state index contributed by atoms with van der Waals surface area (Å²) >= 11 is 0. The molecule has 6 rings (SSSR count). The van der Waals surface area contributed by atoms with E-state index in [0.29, 0.717) is 0 Å². The monoisotopic (exact) mass is 391 g/mol. The summed E-state index contributed by atoms with van der Waals surface area (Å²) in [6.45, 7) is 0. The first-order valence-corrected chi connectivity index (χ1v) is 9.97. The van der Waals surface area contributed by atoms with Gasteiger partial charge >= 0.3 is 0 Å². The van der Waals surface area contributed by atoms with Gasteiger partial charge in [-0.25, -0.2) is 4.98 Å². The number of nitrogens with zero attached hydrogens (tertiary/aromatic N) is 2. The molecular formula is C25H17N3O2. The third-order valence-electron chi connectivity index (χ3n) is 6.02. The second-order valence-corrected chi connectivity index (χ2v) is 7.66. The molecule has 144 valence electrons. The number of aromatic amines is 1. The van der Waals surface area contributed by atoms with Crippen LogP contribution in [0.4, 0.5) is 5.69 Å². The molecule has 0 aliphatic heterocycles. The number of non-ortho nitro benzene ring substituents is 1. The Hall–Kier alpha value is -3.99. The van der Waals surface area contributed by atoms with Gasteiger partial charge in [0.15, 0.2) is 0 Å². The zero-order valence-corrected chi connectivity index (χ0v) is 16.1. The molecule has 0 radical (unpaired) electrons. The number of aromatic nitrogens is 2. The molecule has 5 heteroatoms. The molecule has 0 spiro atoms. The highest BCUT2D eigenvalue weighted by molar-refractivity contribution is 6.02. The predicted molar refractivity (Wildman–Crippen MR) is 119 cm³/mol. The highest BCUT2D eigenvalue weighted by Gasteiger charge is 2.26. The van der Waals surface area contributed by atoms with Gasteiger partial charge in [-0.1, -0.05) is 48.5 Å². The second kappa shape index (κ2) is 6.26. The van der Waals surface area contributed by atoms with Gasteiger partial charge in [-0.15, -0.1) is 0 Å². The molecule has 2 heterocycles. The fraction of sp³-hybridized carbons (Fsp3) is 0.0800. The van der Waals surface area contributed by atoms with E-state index in [0.717, 1.165) is 57.3 Å². The average molecular weight is 391 g/mol. The molecule has 0 atom stereocenters. The van der Waals surface area contributed by atoms with Gasteiger partial charge in [0, 0.05) is 28.4 Å². The van der Waals surface area contributed by atoms with Crippen LogP contribution in [0.15, 0.2) is 72.8 Å². The van der Waals surface area contributed by atoms with Gasteiger partial charge in [-0.05, 0) is 47.2 Å². The molecule has 0 saturated heterocycles. The maximum absolute atomic E-state index is 11.4. The Bertz CT molecular complexity index is 1470. The minimum Gasteiger partial charge on any atom is -0.353 e. The van der Waals surface area contributed by atoms with Crippen molar-refractivity contribution in [2.75, 3.05) is 0 Å². The summed E-state index contributed by atoms with van der Waals surface area (Å²) in [5.41, 5.74) is 8.53. The molecule has 0 unspecified atom stereocenters. The lowest BCUT2D eigenvalue weighted by atomic mass is 9.85. The number of H-pyrrole nitrogens is 1. The molecule has 0 bridgehead atoms. The Morgan fingerprint density at radius 3 is 2.47 bits per heavy atom. The summed E-state index contributed by atoms with van der Waals surface area (Å²) in [5, 5.41) is 13.5. The molecule has 0 amide bonds. The molecule has 30 heavy (non-hydrogen) atoms. The number of rotatable bonds is 2. The normalized spacial score (nSPS) is 12.7. The van der Waals surface area contributed by atoms with E-state index in [1.807, 2.05) is 24.3 Å². The van der Waals surface area contributed by atoms with Gasteiger partial charge < -0.3 is 4.98 Å². The molecule has 2 aromatic heterocycles. The number of benzene rings is 3. The first kappa shape index (κ1) is 16.9. The van der Waals surface area contributed by atoms with Gasteiger partial charge in [0.25, 0.3) is 5.69 Å². The molecule has 0 saturated carbocycles. The molecule has 0 fully saturated rings. The Kier molecular flexibility index (Phi) is 3.53. The Morgan fingerprint density at radius 2 is 1.63 bits per heavy atom. The third-order valence-corrected chi connectivity index (χ3v) is 6.02. The van der Waals surface area contributed by atoms with Gasteiger partial charge in [0.1, 0.15) is 0 Å². The van der Waals surface area contributed by atoms with Crippen molar-refractivity contribution in [3.8, 4) is 22.5 Å². The number of nitro benzene ring substituents is 1. The third kappa shape index (κ3) is 2.38. The average Bonchev–Trinajstić information content (AvgIpc) is 3.17. The van der Waals surface area contributed by atoms with E-state index in [9.17, 15) is 10.1 Å². The number of hydrogen-bond donors (Lipinski definition) is 1. The van der Waals surface area contributed by atoms with E-state index < -0.39 is 0 Å². The van der Waals surface area contributed by atoms with Crippen LogP contribution in [0.3, 0.4) is 0 Å². The summed E-state index contributed by atoms with van der Waals surface area (Å²) in [6.07, 6.45) is 1.76. The van der Waals surface area contributed by atoms with Crippen LogP contribution in [0.2, 0.25) is 0 Å². The molecule has 5 nitrogen and oxygen atoms in total. The predicted octanol–water partition coefficient (Wildman–Crippen LogP) is 6.06. The quantitative estimate of drug-likeness (QED) is 0.294. The van der Waals surface area contributed by atoms with Crippen molar-refractivity contribution < 1.29 is 4.92 Å². The number of aryl methyl sites for hydroxylation is 1. The maximum Gasteiger partial charge on any atom is 0.270 e. The first-order chi connectivity index (χ1) is 14.7. The molecule has 1 aliphatic rings. The van der Waals surface area contributed by atoms with E-state index in [-0.39, 0.29) is 10.6 Å². The fourth-order valence-corrected chi connectivity index (χ4v) is 4.70. The maximum atomic E-state index is 11.4. The van der Waals surface area contributed by atoms with Crippen molar-refractivity contribution in [3.63, 3.8) is 0 Å². The van der Waals surface area contributed by atoms with Crippen LogP contribution in [0.25, 0.3) is 44.3 Å². The Balaban J connectivity index is 1.73.